The molecule has 1 saturated heterocycles. The van der Waals surface area contributed by atoms with Crippen LogP contribution in [0.4, 0.5) is 14.7 Å². The molecule has 4 aromatic rings. The van der Waals surface area contributed by atoms with Crippen molar-refractivity contribution in [2.24, 2.45) is 5.92 Å². The van der Waals surface area contributed by atoms with Crippen molar-refractivity contribution in [3.8, 4) is 22.5 Å². The summed E-state index contributed by atoms with van der Waals surface area (Å²) in [7, 11) is 1.43. The van der Waals surface area contributed by atoms with Crippen molar-refractivity contribution >= 4 is 23.0 Å². The van der Waals surface area contributed by atoms with Crippen LogP contribution < -0.4 is 5.73 Å². The topological polar surface area (TPSA) is 110 Å². The second-order valence-corrected chi connectivity index (χ2v) is 9.03. The third-order valence-electron chi connectivity index (χ3n) is 6.70. The van der Waals surface area contributed by atoms with Crippen LogP contribution in [-0.2, 0) is 16.1 Å². The summed E-state index contributed by atoms with van der Waals surface area (Å²) in [6.07, 6.45) is 2.96. The van der Waals surface area contributed by atoms with Crippen LogP contribution >= 0.6 is 0 Å². The molecule has 0 amide bonds. The zero-order valence-corrected chi connectivity index (χ0v) is 20.0. The van der Waals surface area contributed by atoms with Crippen LogP contribution in [0.3, 0.4) is 0 Å². The highest BCUT2D eigenvalue weighted by Gasteiger charge is 2.25. The number of H-pyrrole nitrogens is 1. The van der Waals surface area contributed by atoms with Crippen molar-refractivity contribution in [3.05, 3.63) is 59.4 Å². The summed E-state index contributed by atoms with van der Waals surface area (Å²) in [5.41, 5.74) is 8.61. The average molecular weight is 493 g/mol. The summed E-state index contributed by atoms with van der Waals surface area (Å²) in [6, 6.07) is 9.31. The van der Waals surface area contributed by atoms with E-state index in [0.717, 1.165) is 43.6 Å². The van der Waals surface area contributed by atoms with Crippen LogP contribution in [-0.4, -0.2) is 51.0 Å². The molecular formula is C26H26F2N6O2. The van der Waals surface area contributed by atoms with Crippen molar-refractivity contribution in [2.75, 3.05) is 25.9 Å². The number of hydrogen-bond donors (Lipinski definition) is 2. The van der Waals surface area contributed by atoms with E-state index < -0.39 is 11.6 Å². The van der Waals surface area contributed by atoms with Gasteiger partial charge in [-0.2, -0.15) is 0 Å². The van der Waals surface area contributed by atoms with E-state index in [2.05, 4.69) is 24.8 Å². The van der Waals surface area contributed by atoms with Crippen LogP contribution in [0, 0.1) is 24.5 Å². The number of carbonyl (C=O) groups excluding carboxylic acids is 1. The monoisotopic (exact) mass is 492 g/mol. The number of anilines is 1. The Hall–Kier alpha value is -3.92. The van der Waals surface area contributed by atoms with E-state index in [-0.39, 0.29) is 28.9 Å². The van der Waals surface area contributed by atoms with Crippen LogP contribution in [0.1, 0.15) is 24.1 Å². The number of methoxy groups -OCH3 is 1. The van der Waals surface area contributed by atoms with Crippen LogP contribution in [0.15, 0.2) is 36.5 Å². The highest BCUT2D eigenvalue weighted by atomic mass is 19.2. The molecule has 0 atom stereocenters. The minimum Gasteiger partial charge on any atom is -0.469 e. The number of carbonyl (C=O) groups is 1. The van der Waals surface area contributed by atoms with E-state index >= 15 is 0 Å². The van der Waals surface area contributed by atoms with Gasteiger partial charge in [0.2, 0.25) is 5.95 Å². The number of hydrogen-bond acceptors (Lipinski definition) is 7. The Morgan fingerprint density at radius 3 is 2.53 bits per heavy atom. The molecule has 3 heterocycles. The molecule has 10 heteroatoms. The predicted molar refractivity (Wildman–Crippen MR) is 132 cm³/mol. The predicted octanol–water partition coefficient (Wildman–Crippen LogP) is 4.24. The molecule has 36 heavy (non-hydrogen) atoms. The van der Waals surface area contributed by atoms with Crippen LogP contribution in [0.25, 0.3) is 33.5 Å². The lowest BCUT2D eigenvalue weighted by Gasteiger charge is -2.30. The third kappa shape index (κ3) is 4.51. The number of piperidine rings is 1. The highest BCUT2D eigenvalue weighted by Crippen LogP contribution is 2.32. The molecule has 5 rings (SSSR count). The summed E-state index contributed by atoms with van der Waals surface area (Å²) < 4.78 is 34.7. The van der Waals surface area contributed by atoms with Gasteiger partial charge in [-0.1, -0.05) is 24.3 Å². The smallest absolute Gasteiger partial charge is 0.308 e. The first-order chi connectivity index (χ1) is 17.3. The van der Waals surface area contributed by atoms with Gasteiger partial charge in [0, 0.05) is 29.4 Å². The SMILES string of the molecule is COC(=O)C1CCN(Cc2ccc(-c3nc4c(F)c(F)c(-c5cnc(N)nc5C)cc4[nH]3)cc2)CC1. The van der Waals surface area contributed by atoms with Crippen molar-refractivity contribution in [1.29, 1.82) is 0 Å². The fourth-order valence-electron chi connectivity index (χ4n) is 4.69. The number of rotatable bonds is 5. The molecule has 0 unspecified atom stereocenters. The minimum atomic E-state index is -1.03. The first kappa shape index (κ1) is 23.8. The van der Waals surface area contributed by atoms with Gasteiger partial charge in [0.15, 0.2) is 11.6 Å². The number of halogens is 2. The second kappa shape index (κ2) is 9.62. The van der Waals surface area contributed by atoms with E-state index in [0.29, 0.717) is 22.6 Å². The van der Waals surface area contributed by atoms with Gasteiger partial charge in [0.25, 0.3) is 0 Å². The fourth-order valence-corrected chi connectivity index (χ4v) is 4.69. The Balaban J connectivity index is 1.36. The van der Waals surface area contributed by atoms with Gasteiger partial charge in [-0.05, 0) is 44.5 Å². The zero-order chi connectivity index (χ0) is 25.4. The molecule has 1 aliphatic heterocycles. The molecular weight excluding hydrogens is 466 g/mol. The number of ether oxygens (including phenoxy) is 1. The Morgan fingerprint density at radius 2 is 1.86 bits per heavy atom. The minimum absolute atomic E-state index is 0.0241. The van der Waals surface area contributed by atoms with Crippen molar-refractivity contribution in [2.45, 2.75) is 26.3 Å². The number of aryl methyl sites for hydroxylation is 1. The third-order valence-corrected chi connectivity index (χ3v) is 6.70. The lowest BCUT2D eigenvalue weighted by atomic mass is 9.96. The van der Waals surface area contributed by atoms with Gasteiger partial charge in [-0.15, -0.1) is 0 Å². The van der Waals surface area contributed by atoms with Gasteiger partial charge >= 0.3 is 5.97 Å². The lowest BCUT2D eigenvalue weighted by molar-refractivity contribution is -0.147. The number of nitrogens with one attached hydrogen (secondary N) is 1. The number of aromatic amines is 1. The van der Waals surface area contributed by atoms with Crippen molar-refractivity contribution < 1.29 is 18.3 Å². The molecule has 0 radical (unpaired) electrons. The number of nitrogen functional groups attached to an aromatic ring is 1. The summed E-state index contributed by atoms with van der Waals surface area (Å²) in [5.74, 6) is -1.70. The van der Waals surface area contributed by atoms with E-state index in [1.807, 2.05) is 24.3 Å². The molecule has 3 N–H and O–H groups in total. The van der Waals surface area contributed by atoms with Gasteiger partial charge < -0.3 is 15.5 Å². The average Bonchev–Trinajstić information content (AvgIpc) is 3.31. The molecule has 1 fully saturated rings. The number of nitrogens with zero attached hydrogens (tertiary/aromatic N) is 4. The molecule has 0 bridgehead atoms. The molecule has 0 aliphatic carbocycles. The van der Waals surface area contributed by atoms with Crippen molar-refractivity contribution in [1.82, 2.24) is 24.8 Å². The molecule has 0 spiro atoms. The van der Waals surface area contributed by atoms with Crippen LogP contribution in [0.5, 0.6) is 0 Å². The molecule has 1 aliphatic rings. The maximum atomic E-state index is 15.0. The second-order valence-electron chi connectivity index (χ2n) is 9.03. The van der Waals surface area contributed by atoms with E-state index in [4.69, 9.17) is 10.5 Å². The zero-order valence-electron chi connectivity index (χ0n) is 20.0. The summed E-state index contributed by atoms with van der Waals surface area (Å²) in [4.78, 5) is 29.4. The summed E-state index contributed by atoms with van der Waals surface area (Å²) in [5, 5.41) is 0. The molecule has 8 nitrogen and oxygen atoms in total. The number of aromatic nitrogens is 4. The maximum Gasteiger partial charge on any atom is 0.308 e. The molecule has 186 valence electrons. The normalized spacial score (nSPS) is 14.9. The van der Waals surface area contributed by atoms with E-state index in [9.17, 15) is 13.6 Å². The van der Waals surface area contributed by atoms with E-state index in [1.165, 1.54) is 19.4 Å². The maximum absolute atomic E-state index is 15.0. The summed E-state index contributed by atoms with van der Waals surface area (Å²) >= 11 is 0. The van der Waals surface area contributed by atoms with Gasteiger partial charge in [-0.3, -0.25) is 9.69 Å². The number of likely N-dealkylation sites (tertiary alicyclic amines) is 1. The molecule has 0 saturated carbocycles. The largest absolute Gasteiger partial charge is 0.469 e. The standard InChI is InChI=1S/C26H26F2N6O2/c1-14-19(12-30-26(29)31-14)18-11-20-23(22(28)21(18)27)33-24(32-20)16-5-3-15(4-6-16)13-34-9-7-17(8-10-34)25(35)36-2/h3-6,11-12,17H,7-10,13H2,1-2H3,(H,32,33)(H2,29,30,31). The molecule has 2 aromatic heterocycles. The van der Waals surface area contributed by atoms with Gasteiger partial charge in [0.1, 0.15) is 11.3 Å². The Morgan fingerprint density at radius 1 is 1.14 bits per heavy atom. The van der Waals surface area contributed by atoms with Gasteiger partial charge in [-0.25, -0.2) is 23.7 Å². The Kier molecular flexibility index (Phi) is 6.36. The quantitative estimate of drug-likeness (QED) is 0.401. The highest BCUT2D eigenvalue weighted by molar-refractivity contribution is 5.86. The number of fused-ring (bicyclic) bond motifs is 1. The first-order valence-electron chi connectivity index (χ1n) is 11.7. The van der Waals surface area contributed by atoms with E-state index in [1.54, 1.807) is 6.92 Å². The van der Waals surface area contributed by atoms with Gasteiger partial charge in [0.05, 0.1) is 24.2 Å². The number of nitrogens with two attached hydrogens (primary N) is 1. The van der Waals surface area contributed by atoms with Crippen molar-refractivity contribution in [3.63, 3.8) is 0 Å². The molecule has 2 aromatic carbocycles. The summed E-state index contributed by atoms with van der Waals surface area (Å²) in [6.45, 7) is 4.09. The number of imidazole rings is 1. The number of esters is 1. The number of benzene rings is 2. The Bertz CT molecular complexity index is 1430. The Labute approximate surface area is 206 Å². The first-order valence-corrected chi connectivity index (χ1v) is 11.7. The van der Waals surface area contributed by atoms with Crippen LogP contribution in [0.2, 0.25) is 0 Å². The fraction of sp³-hybridized carbons (Fsp3) is 0.308. The lowest BCUT2D eigenvalue weighted by Crippen LogP contribution is -2.36.